The van der Waals surface area contributed by atoms with Crippen molar-refractivity contribution in [3.63, 3.8) is 0 Å². The number of hydrogen-bond acceptors (Lipinski definition) is 4. The van der Waals surface area contributed by atoms with Gasteiger partial charge >= 0.3 is 0 Å². The first kappa shape index (κ1) is 20.1. The largest absolute Gasteiger partial charge is 0.384 e. The number of hydrogen-bond donors (Lipinski definition) is 3. The number of carbonyl (C=O) groups is 2. The van der Waals surface area contributed by atoms with Gasteiger partial charge in [0.15, 0.2) is 0 Å². The second-order valence-corrected chi connectivity index (χ2v) is 6.69. The fourth-order valence-corrected chi connectivity index (χ4v) is 2.87. The monoisotopic (exact) mass is 388 g/mol. The highest BCUT2D eigenvalue weighted by atomic mass is 16.2. The maximum absolute atomic E-state index is 12.5. The summed E-state index contributed by atoms with van der Waals surface area (Å²) in [5.74, 6) is -0.376. The van der Waals surface area contributed by atoms with Gasteiger partial charge in [-0.25, -0.2) is 0 Å². The normalized spacial score (nSPS) is 10.2. The van der Waals surface area contributed by atoms with Crippen molar-refractivity contribution in [2.24, 2.45) is 0 Å². The van der Waals surface area contributed by atoms with Gasteiger partial charge < -0.3 is 16.0 Å². The number of nitrogens with one attached hydrogen (secondary N) is 3. The van der Waals surface area contributed by atoms with E-state index in [1.54, 1.807) is 36.5 Å². The zero-order chi connectivity index (χ0) is 20.5. The molecule has 148 valence electrons. The number of nitrogens with zero attached hydrogens (tertiary/aromatic N) is 1. The molecule has 2 amide bonds. The molecule has 3 rings (SSSR count). The van der Waals surface area contributed by atoms with Crippen LogP contribution in [0.3, 0.4) is 0 Å². The topological polar surface area (TPSA) is 83.1 Å². The van der Waals surface area contributed by atoms with Crippen molar-refractivity contribution in [3.05, 3.63) is 84.2 Å². The molecule has 0 saturated heterocycles. The van der Waals surface area contributed by atoms with Gasteiger partial charge in [0.25, 0.3) is 5.91 Å². The lowest BCUT2D eigenvalue weighted by atomic mass is 10.1. The Hall–Kier alpha value is -3.67. The molecule has 0 unspecified atom stereocenters. The second-order valence-electron chi connectivity index (χ2n) is 6.69. The number of amides is 2. The van der Waals surface area contributed by atoms with E-state index in [-0.39, 0.29) is 11.8 Å². The van der Waals surface area contributed by atoms with E-state index in [0.29, 0.717) is 16.9 Å². The van der Waals surface area contributed by atoms with Gasteiger partial charge in [0, 0.05) is 37.2 Å². The van der Waals surface area contributed by atoms with Crippen LogP contribution in [0, 0.1) is 0 Å². The highest BCUT2D eigenvalue weighted by Crippen LogP contribution is 2.16. The number of rotatable bonds is 8. The van der Waals surface area contributed by atoms with Crippen molar-refractivity contribution in [2.75, 3.05) is 22.5 Å². The highest BCUT2D eigenvalue weighted by molar-refractivity contribution is 6.04. The summed E-state index contributed by atoms with van der Waals surface area (Å²) in [7, 11) is 0. The second kappa shape index (κ2) is 10.0. The quantitative estimate of drug-likeness (QED) is 0.501. The van der Waals surface area contributed by atoms with E-state index in [1.807, 2.05) is 18.2 Å². The molecule has 3 aromatic rings. The molecule has 1 heterocycles. The van der Waals surface area contributed by atoms with E-state index >= 15 is 0 Å². The molecule has 6 heteroatoms. The minimum atomic E-state index is -0.238. The minimum Gasteiger partial charge on any atom is -0.384 e. The maximum Gasteiger partial charge on any atom is 0.257 e. The van der Waals surface area contributed by atoms with Crippen LogP contribution in [0.25, 0.3) is 0 Å². The lowest BCUT2D eigenvalue weighted by Crippen LogP contribution is -2.13. The Bertz CT molecular complexity index is 956. The Morgan fingerprint density at radius 3 is 2.24 bits per heavy atom. The molecule has 0 spiro atoms. The van der Waals surface area contributed by atoms with Gasteiger partial charge in [0.05, 0.1) is 11.3 Å². The van der Waals surface area contributed by atoms with Crippen LogP contribution in [0.1, 0.15) is 29.3 Å². The highest BCUT2D eigenvalue weighted by Gasteiger charge is 2.08. The number of pyridine rings is 1. The Morgan fingerprint density at radius 1 is 0.862 bits per heavy atom. The number of benzene rings is 2. The molecular weight excluding hydrogens is 364 g/mol. The first-order valence-electron chi connectivity index (χ1n) is 9.52. The third-order valence-electron chi connectivity index (χ3n) is 4.28. The zero-order valence-electron chi connectivity index (χ0n) is 16.3. The third-order valence-corrected chi connectivity index (χ3v) is 4.28. The molecule has 0 aliphatic carbocycles. The van der Waals surface area contributed by atoms with Crippen LogP contribution in [0.4, 0.5) is 17.1 Å². The summed E-state index contributed by atoms with van der Waals surface area (Å²) in [6, 6.07) is 19.1. The van der Waals surface area contributed by atoms with E-state index in [0.717, 1.165) is 25.1 Å². The maximum atomic E-state index is 12.5. The molecule has 2 aromatic carbocycles. The molecule has 0 fully saturated rings. The first-order chi connectivity index (χ1) is 14.1. The Labute approximate surface area is 170 Å². The summed E-state index contributed by atoms with van der Waals surface area (Å²) in [6.07, 6.45) is 5.23. The Morgan fingerprint density at radius 2 is 1.55 bits per heavy atom. The van der Waals surface area contributed by atoms with Crippen molar-refractivity contribution in [3.8, 4) is 0 Å². The summed E-state index contributed by atoms with van der Waals surface area (Å²) in [4.78, 5) is 27.7. The van der Waals surface area contributed by atoms with Crippen molar-refractivity contribution >= 4 is 28.9 Å². The van der Waals surface area contributed by atoms with Crippen LogP contribution in [0.2, 0.25) is 0 Å². The van der Waals surface area contributed by atoms with Gasteiger partial charge in [0.2, 0.25) is 5.91 Å². The number of anilines is 3. The van der Waals surface area contributed by atoms with Crippen molar-refractivity contribution in [1.29, 1.82) is 0 Å². The van der Waals surface area contributed by atoms with Crippen molar-refractivity contribution < 1.29 is 9.59 Å². The zero-order valence-corrected chi connectivity index (χ0v) is 16.3. The number of aromatic nitrogens is 1. The summed E-state index contributed by atoms with van der Waals surface area (Å²) in [6.45, 7) is 2.25. The van der Waals surface area contributed by atoms with E-state index in [1.165, 1.54) is 18.7 Å². The van der Waals surface area contributed by atoms with Gasteiger partial charge in [-0.15, -0.1) is 0 Å². The average molecular weight is 388 g/mol. The molecule has 1 aromatic heterocycles. The minimum absolute atomic E-state index is 0.138. The molecule has 0 radical (unpaired) electrons. The predicted molar refractivity (Wildman–Crippen MR) is 116 cm³/mol. The standard InChI is InChI=1S/C23H24N4O2/c1-17(28)26-20-9-11-21(12-10-20)27-23(29)19-14-22(16-24-15-19)25-13-5-8-18-6-3-2-4-7-18/h2-4,6-7,9-12,14-16,25H,5,8,13H2,1H3,(H,26,28)(H,27,29). The van der Waals surface area contributed by atoms with Crippen molar-refractivity contribution in [2.45, 2.75) is 19.8 Å². The number of aryl methyl sites for hydroxylation is 1. The van der Waals surface area contributed by atoms with E-state index in [9.17, 15) is 9.59 Å². The van der Waals surface area contributed by atoms with Gasteiger partial charge in [-0.3, -0.25) is 14.6 Å². The molecule has 29 heavy (non-hydrogen) atoms. The van der Waals surface area contributed by atoms with Crippen molar-refractivity contribution in [1.82, 2.24) is 4.98 Å². The fourth-order valence-electron chi connectivity index (χ4n) is 2.87. The predicted octanol–water partition coefficient (Wildman–Crippen LogP) is 4.34. The number of carbonyl (C=O) groups excluding carboxylic acids is 2. The molecule has 0 saturated carbocycles. The van der Waals surface area contributed by atoms with Gasteiger partial charge in [-0.05, 0) is 48.7 Å². The lowest BCUT2D eigenvalue weighted by Gasteiger charge is -2.09. The van der Waals surface area contributed by atoms with E-state index < -0.39 is 0 Å². The summed E-state index contributed by atoms with van der Waals surface area (Å²) in [5, 5.41) is 8.84. The van der Waals surface area contributed by atoms with Gasteiger partial charge in [-0.1, -0.05) is 30.3 Å². The third kappa shape index (κ3) is 6.46. The van der Waals surface area contributed by atoms with Crippen LogP contribution in [-0.4, -0.2) is 23.3 Å². The molecule has 0 aliphatic rings. The van der Waals surface area contributed by atoms with Crippen LogP contribution < -0.4 is 16.0 Å². The molecule has 0 bridgehead atoms. The molecule has 6 nitrogen and oxygen atoms in total. The molecule has 0 atom stereocenters. The summed E-state index contributed by atoms with van der Waals surface area (Å²) in [5.41, 5.74) is 3.92. The molecule has 0 aliphatic heterocycles. The average Bonchev–Trinajstić information content (AvgIpc) is 2.73. The Kier molecular flexibility index (Phi) is 6.95. The van der Waals surface area contributed by atoms with Crippen LogP contribution in [0.5, 0.6) is 0 Å². The smallest absolute Gasteiger partial charge is 0.257 e. The van der Waals surface area contributed by atoms with E-state index in [4.69, 9.17) is 0 Å². The summed E-state index contributed by atoms with van der Waals surface area (Å²) < 4.78 is 0. The fraction of sp³-hybridized carbons (Fsp3) is 0.174. The summed E-state index contributed by atoms with van der Waals surface area (Å²) >= 11 is 0. The molecular formula is C23H24N4O2. The first-order valence-corrected chi connectivity index (χ1v) is 9.52. The van der Waals surface area contributed by atoms with Crippen LogP contribution >= 0.6 is 0 Å². The Balaban J connectivity index is 1.51. The SMILES string of the molecule is CC(=O)Nc1ccc(NC(=O)c2cncc(NCCCc3ccccc3)c2)cc1. The molecule has 3 N–H and O–H groups in total. The lowest BCUT2D eigenvalue weighted by molar-refractivity contribution is -0.114. The van der Waals surface area contributed by atoms with Crippen LogP contribution in [0.15, 0.2) is 73.1 Å². The van der Waals surface area contributed by atoms with Crippen LogP contribution in [-0.2, 0) is 11.2 Å². The van der Waals surface area contributed by atoms with Gasteiger partial charge in [-0.2, -0.15) is 0 Å². The van der Waals surface area contributed by atoms with Gasteiger partial charge in [0.1, 0.15) is 0 Å². The van der Waals surface area contributed by atoms with E-state index in [2.05, 4.69) is 33.1 Å².